The number of piperazine rings is 1. The minimum Gasteiger partial charge on any atom is -0.493 e. The summed E-state index contributed by atoms with van der Waals surface area (Å²) in [6, 6.07) is 7.71. The van der Waals surface area contributed by atoms with E-state index in [9.17, 15) is 0 Å². The Morgan fingerprint density at radius 2 is 1.70 bits per heavy atom. The number of anilines is 1. The second-order valence-corrected chi connectivity index (χ2v) is 6.31. The van der Waals surface area contributed by atoms with Gasteiger partial charge in [-0.1, -0.05) is 0 Å². The third-order valence-corrected chi connectivity index (χ3v) is 4.80. The number of rotatable bonds is 5. The van der Waals surface area contributed by atoms with Crippen LogP contribution in [0.4, 0.5) is 5.69 Å². The van der Waals surface area contributed by atoms with Crippen LogP contribution in [0.15, 0.2) is 34.9 Å². The van der Waals surface area contributed by atoms with E-state index in [1.165, 1.54) is 0 Å². The molecule has 1 aliphatic rings. The smallest absolute Gasteiger partial charge is 0.203 e. The summed E-state index contributed by atoms with van der Waals surface area (Å²) in [6.45, 7) is 3.81. The van der Waals surface area contributed by atoms with Crippen LogP contribution >= 0.6 is 0 Å². The summed E-state index contributed by atoms with van der Waals surface area (Å²) in [5.41, 5.74) is 3.53. The van der Waals surface area contributed by atoms with Crippen LogP contribution in [-0.2, 0) is 0 Å². The standard InChI is InChI=1S/C20H23N3O4/c1-24-17-10-13(11-18(25-2)20(17)26-3)16-12-14-19(27-16)15(4-5-22-14)23-8-6-21-7-9-23/h4-5,10-12,21H,6-9H2,1-3H3. The molecule has 3 aromatic rings. The summed E-state index contributed by atoms with van der Waals surface area (Å²) in [4.78, 5) is 6.80. The molecule has 0 bridgehead atoms. The van der Waals surface area contributed by atoms with Gasteiger partial charge in [0.25, 0.3) is 0 Å². The molecule has 1 aliphatic heterocycles. The number of benzene rings is 1. The second kappa shape index (κ2) is 7.36. The van der Waals surface area contributed by atoms with Crippen LogP contribution in [0.5, 0.6) is 17.2 Å². The number of pyridine rings is 1. The predicted octanol–water partition coefficient (Wildman–Crippen LogP) is 2.93. The molecule has 7 heteroatoms. The number of nitrogens with one attached hydrogen (secondary N) is 1. The van der Waals surface area contributed by atoms with Gasteiger partial charge in [0.2, 0.25) is 5.75 Å². The molecule has 1 aromatic carbocycles. The summed E-state index contributed by atoms with van der Waals surface area (Å²) in [7, 11) is 4.79. The van der Waals surface area contributed by atoms with Crippen LogP contribution in [0.1, 0.15) is 0 Å². The minimum absolute atomic E-state index is 0.555. The van der Waals surface area contributed by atoms with Crippen LogP contribution in [-0.4, -0.2) is 52.5 Å². The van der Waals surface area contributed by atoms with E-state index >= 15 is 0 Å². The Morgan fingerprint density at radius 3 is 2.33 bits per heavy atom. The fraction of sp³-hybridized carbons (Fsp3) is 0.350. The number of furan rings is 1. The third-order valence-electron chi connectivity index (χ3n) is 4.80. The Labute approximate surface area is 157 Å². The molecule has 3 heterocycles. The van der Waals surface area contributed by atoms with Crippen LogP contribution in [0.3, 0.4) is 0 Å². The monoisotopic (exact) mass is 369 g/mol. The molecule has 2 aromatic heterocycles. The van der Waals surface area contributed by atoms with Gasteiger partial charge in [-0.15, -0.1) is 0 Å². The molecule has 0 saturated carbocycles. The van der Waals surface area contributed by atoms with Gasteiger partial charge in [-0.25, -0.2) is 0 Å². The fourth-order valence-corrected chi connectivity index (χ4v) is 3.45. The van der Waals surface area contributed by atoms with E-state index in [-0.39, 0.29) is 0 Å². The van der Waals surface area contributed by atoms with Gasteiger partial charge in [-0.3, -0.25) is 4.98 Å². The summed E-state index contributed by atoms with van der Waals surface area (Å²) in [6.07, 6.45) is 1.83. The van der Waals surface area contributed by atoms with Crippen molar-refractivity contribution >= 4 is 16.8 Å². The van der Waals surface area contributed by atoms with E-state index in [4.69, 9.17) is 18.6 Å². The summed E-state index contributed by atoms with van der Waals surface area (Å²) in [5, 5.41) is 3.37. The van der Waals surface area contributed by atoms with Crippen molar-refractivity contribution in [1.82, 2.24) is 10.3 Å². The molecule has 4 rings (SSSR count). The first-order valence-corrected chi connectivity index (χ1v) is 8.89. The fourth-order valence-electron chi connectivity index (χ4n) is 3.45. The van der Waals surface area contributed by atoms with Gasteiger partial charge in [0.1, 0.15) is 11.3 Å². The molecule has 0 aliphatic carbocycles. The number of nitrogens with zero attached hydrogens (tertiary/aromatic N) is 2. The number of ether oxygens (including phenoxy) is 3. The Balaban J connectivity index is 1.81. The summed E-state index contributed by atoms with van der Waals surface area (Å²) >= 11 is 0. The normalized spacial score (nSPS) is 14.4. The lowest BCUT2D eigenvalue weighted by Crippen LogP contribution is -2.43. The van der Waals surface area contributed by atoms with Crippen molar-refractivity contribution in [2.24, 2.45) is 0 Å². The Bertz CT molecular complexity index is 923. The molecule has 0 spiro atoms. The van der Waals surface area contributed by atoms with Gasteiger partial charge in [-0.2, -0.15) is 0 Å². The van der Waals surface area contributed by atoms with E-state index in [2.05, 4.69) is 15.2 Å². The number of hydrogen-bond donors (Lipinski definition) is 1. The van der Waals surface area contributed by atoms with Crippen molar-refractivity contribution in [3.8, 4) is 28.6 Å². The molecule has 1 N–H and O–H groups in total. The van der Waals surface area contributed by atoms with E-state index in [1.54, 1.807) is 21.3 Å². The van der Waals surface area contributed by atoms with Crippen LogP contribution in [0.25, 0.3) is 22.4 Å². The molecule has 0 atom stereocenters. The van der Waals surface area contributed by atoms with Gasteiger partial charge in [0, 0.05) is 44.0 Å². The zero-order valence-corrected chi connectivity index (χ0v) is 15.7. The summed E-state index contributed by atoms with van der Waals surface area (Å²) in [5.74, 6) is 2.43. The molecular weight excluding hydrogens is 346 g/mol. The van der Waals surface area contributed by atoms with Crippen molar-refractivity contribution in [2.45, 2.75) is 0 Å². The number of hydrogen-bond acceptors (Lipinski definition) is 7. The van der Waals surface area contributed by atoms with E-state index in [1.807, 2.05) is 30.5 Å². The highest BCUT2D eigenvalue weighted by Crippen LogP contribution is 2.42. The molecule has 0 amide bonds. The van der Waals surface area contributed by atoms with Crippen molar-refractivity contribution in [3.63, 3.8) is 0 Å². The molecule has 7 nitrogen and oxygen atoms in total. The first kappa shape index (κ1) is 17.5. The topological polar surface area (TPSA) is 69.0 Å². The van der Waals surface area contributed by atoms with Crippen molar-refractivity contribution in [2.75, 3.05) is 52.4 Å². The van der Waals surface area contributed by atoms with E-state index in [0.29, 0.717) is 23.0 Å². The molecule has 1 saturated heterocycles. The lowest BCUT2D eigenvalue weighted by atomic mass is 10.1. The highest BCUT2D eigenvalue weighted by atomic mass is 16.5. The van der Waals surface area contributed by atoms with Gasteiger partial charge in [0.15, 0.2) is 17.1 Å². The Kier molecular flexibility index (Phi) is 4.77. The zero-order chi connectivity index (χ0) is 18.8. The number of aromatic nitrogens is 1. The lowest BCUT2D eigenvalue weighted by Gasteiger charge is -2.29. The molecule has 0 unspecified atom stereocenters. The second-order valence-electron chi connectivity index (χ2n) is 6.31. The molecule has 1 fully saturated rings. The van der Waals surface area contributed by atoms with Gasteiger partial charge in [0.05, 0.1) is 27.0 Å². The maximum atomic E-state index is 6.23. The van der Waals surface area contributed by atoms with Gasteiger partial charge < -0.3 is 28.8 Å². The Morgan fingerprint density at radius 1 is 1.00 bits per heavy atom. The minimum atomic E-state index is 0.555. The van der Waals surface area contributed by atoms with E-state index < -0.39 is 0 Å². The van der Waals surface area contributed by atoms with Gasteiger partial charge in [-0.05, 0) is 18.2 Å². The predicted molar refractivity (Wildman–Crippen MR) is 104 cm³/mol. The zero-order valence-electron chi connectivity index (χ0n) is 15.7. The maximum Gasteiger partial charge on any atom is 0.203 e. The lowest BCUT2D eigenvalue weighted by molar-refractivity contribution is 0.324. The third kappa shape index (κ3) is 3.14. The van der Waals surface area contributed by atoms with Crippen molar-refractivity contribution < 1.29 is 18.6 Å². The van der Waals surface area contributed by atoms with Crippen LogP contribution < -0.4 is 24.4 Å². The van der Waals surface area contributed by atoms with Gasteiger partial charge >= 0.3 is 0 Å². The quantitative estimate of drug-likeness (QED) is 0.741. The largest absolute Gasteiger partial charge is 0.493 e. The number of fused-ring (bicyclic) bond motifs is 1. The molecular formula is C20H23N3O4. The maximum absolute atomic E-state index is 6.23. The van der Waals surface area contributed by atoms with Crippen LogP contribution in [0.2, 0.25) is 0 Å². The van der Waals surface area contributed by atoms with E-state index in [0.717, 1.165) is 48.5 Å². The highest BCUT2D eigenvalue weighted by molar-refractivity contribution is 5.90. The van der Waals surface area contributed by atoms with Crippen molar-refractivity contribution in [1.29, 1.82) is 0 Å². The molecule has 0 radical (unpaired) electrons. The molecule has 27 heavy (non-hydrogen) atoms. The number of methoxy groups -OCH3 is 3. The SMILES string of the molecule is COc1cc(-c2cc3nccc(N4CCNCC4)c3o2)cc(OC)c1OC. The average molecular weight is 369 g/mol. The van der Waals surface area contributed by atoms with Crippen LogP contribution in [0, 0.1) is 0 Å². The first-order chi connectivity index (χ1) is 13.2. The van der Waals surface area contributed by atoms with Crippen molar-refractivity contribution in [3.05, 3.63) is 30.5 Å². The Hall–Kier alpha value is -2.93. The highest BCUT2D eigenvalue weighted by Gasteiger charge is 2.20. The molecule has 142 valence electrons. The summed E-state index contributed by atoms with van der Waals surface area (Å²) < 4.78 is 22.5. The average Bonchev–Trinajstić information content (AvgIpc) is 3.17. The first-order valence-electron chi connectivity index (χ1n) is 8.89.